The van der Waals surface area contributed by atoms with Gasteiger partial charge in [-0.15, -0.1) is 0 Å². The van der Waals surface area contributed by atoms with Gasteiger partial charge >= 0.3 is 0 Å². The first kappa shape index (κ1) is 14.0. The largest absolute Gasteiger partial charge is 0.207 e. The highest BCUT2D eigenvalue weighted by Gasteiger charge is 2.10. The van der Waals surface area contributed by atoms with Crippen molar-refractivity contribution in [2.75, 3.05) is 0 Å². The summed E-state index contributed by atoms with van der Waals surface area (Å²) < 4.78 is 14.0. The fourth-order valence-corrected chi connectivity index (χ4v) is 2.87. The molecule has 0 saturated carbocycles. The maximum absolute atomic E-state index is 13.1. The van der Waals surface area contributed by atoms with Gasteiger partial charge in [0.05, 0.1) is 5.02 Å². The molecular weight excluding hydrogens is 382 g/mol. The number of hydrogen-bond acceptors (Lipinski definition) is 0. The van der Waals surface area contributed by atoms with E-state index in [1.54, 1.807) is 12.1 Å². The summed E-state index contributed by atoms with van der Waals surface area (Å²) in [6, 6.07) is 12.4. The zero-order valence-corrected chi connectivity index (χ0v) is 13.3. The van der Waals surface area contributed by atoms with E-state index in [1.807, 2.05) is 24.3 Å². The van der Waals surface area contributed by atoms with Crippen molar-refractivity contribution in [2.45, 2.75) is 11.2 Å². The van der Waals surface area contributed by atoms with Crippen LogP contribution in [0.3, 0.4) is 0 Å². The highest BCUT2D eigenvalue weighted by atomic mass is 79.9. The van der Waals surface area contributed by atoms with Crippen molar-refractivity contribution in [1.82, 2.24) is 0 Å². The van der Waals surface area contributed by atoms with Crippen molar-refractivity contribution in [3.05, 3.63) is 68.9 Å². The molecule has 2 aromatic carbocycles. The molecule has 0 amide bonds. The van der Waals surface area contributed by atoms with Gasteiger partial charge in [0.2, 0.25) is 0 Å². The summed E-state index contributed by atoms with van der Waals surface area (Å²) in [4.78, 5) is 0.132. The SMILES string of the molecule is Fc1cccc(CC(Br)c2ccc(Cl)c(Br)c2)c1. The van der Waals surface area contributed by atoms with E-state index in [9.17, 15) is 4.39 Å². The average molecular weight is 392 g/mol. The van der Waals surface area contributed by atoms with Gasteiger partial charge in [-0.2, -0.15) is 0 Å². The lowest BCUT2D eigenvalue weighted by atomic mass is 10.0. The van der Waals surface area contributed by atoms with Crippen LogP contribution in [0.25, 0.3) is 0 Å². The molecule has 18 heavy (non-hydrogen) atoms. The lowest BCUT2D eigenvalue weighted by molar-refractivity contribution is 0.625. The fraction of sp³-hybridized carbons (Fsp3) is 0.143. The van der Waals surface area contributed by atoms with E-state index in [2.05, 4.69) is 31.9 Å². The van der Waals surface area contributed by atoms with Crippen molar-refractivity contribution >= 4 is 43.5 Å². The van der Waals surface area contributed by atoms with Crippen LogP contribution in [0.15, 0.2) is 46.9 Å². The van der Waals surface area contributed by atoms with Gasteiger partial charge in [-0.05, 0) is 57.7 Å². The summed E-state index contributed by atoms with van der Waals surface area (Å²) in [7, 11) is 0. The zero-order chi connectivity index (χ0) is 13.1. The molecule has 4 heteroatoms. The van der Waals surface area contributed by atoms with Crippen molar-refractivity contribution in [1.29, 1.82) is 0 Å². The number of benzene rings is 2. The zero-order valence-electron chi connectivity index (χ0n) is 9.34. The molecule has 0 saturated heterocycles. The summed E-state index contributed by atoms with van der Waals surface area (Å²) >= 11 is 13.0. The van der Waals surface area contributed by atoms with Crippen LogP contribution < -0.4 is 0 Å². The van der Waals surface area contributed by atoms with E-state index in [1.165, 1.54) is 6.07 Å². The first-order chi connectivity index (χ1) is 8.56. The molecule has 0 aliphatic rings. The van der Waals surface area contributed by atoms with Gasteiger partial charge < -0.3 is 0 Å². The third kappa shape index (κ3) is 3.56. The lowest BCUT2D eigenvalue weighted by Gasteiger charge is -2.11. The molecule has 1 unspecified atom stereocenters. The third-order valence-electron chi connectivity index (χ3n) is 2.61. The van der Waals surface area contributed by atoms with E-state index < -0.39 is 0 Å². The Labute approximate surface area is 127 Å². The van der Waals surface area contributed by atoms with Gasteiger partial charge in [0.25, 0.3) is 0 Å². The van der Waals surface area contributed by atoms with Gasteiger partial charge in [0.15, 0.2) is 0 Å². The first-order valence-corrected chi connectivity index (χ1v) is 7.48. The van der Waals surface area contributed by atoms with Crippen molar-refractivity contribution in [2.24, 2.45) is 0 Å². The monoisotopic (exact) mass is 390 g/mol. The molecule has 0 heterocycles. The summed E-state index contributed by atoms with van der Waals surface area (Å²) in [6.07, 6.45) is 0.728. The third-order valence-corrected chi connectivity index (χ3v) is 4.68. The molecule has 0 fully saturated rings. The quantitative estimate of drug-likeness (QED) is 0.569. The van der Waals surface area contributed by atoms with Gasteiger partial charge in [0, 0.05) is 9.30 Å². The molecule has 0 N–H and O–H groups in total. The molecule has 0 aromatic heterocycles. The number of rotatable bonds is 3. The van der Waals surface area contributed by atoms with Gasteiger partial charge in [-0.1, -0.05) is 45.7 Å². The van der Waals surface area contributed by atoms with Crippen LogP contribution in [0.4, 0.5) is 4.39 Å². The molecule has 2 rings (SSSR count). The molecular formula is C14H10Br2ClF. The Morgan fingerprint density at radius 1 is 1.17 bits per heavy atom. The van der Waals surface area contributed by atoms with Crippen molar-refractivity contribution in [3.8, 4) is 0 Å². The van der Waals surface area contributed by atoms with Gasteiger partial charge in [-0.25, -0.2) is 4.39 Å². The van der Waals surface area contributed by atoms with Crippen LogP contribution in [-0.4, -0.2) is 0 Å². The van der Waals surface area contributed by atoms with Crippen LogP contribution >= 0.6 is 43.5 Å². The van der Waals surface area contributed by atoms with Crippen LogP contribution in [0, 0.1) is 5.82 Å². The van der Waals surface area contributed by atoms with Crippen LogP contribution in [0.5, 0.6) is 0 Å². The fourth-order valence-electron chi connectivity index (χ4n) is 1.70. The molecule has 0 spiro atoms. The van der Waals surface area contributed by atoms with Crippen LogP contribution in [0.1, 0.15) is 16.0 Å². The molecule has 0 nitrogen and oxygen atoms in total. The van der Waals surface area contributed by atoms with E-state index in [4.69, 9.17) is 11.6 Å². The minimum atomic E-state index is -0.204. The average Bonchev–Trinajstić information content (AvgIpc) is 2.32. The minimum Gasteiger partial charge on any atom is -0.207 e. The second-order valence-corrected chi connectivity index (χ2v) is 6.34. The molecule has 0 radical (unpaired) electrons. The van der Waals surface area contributed by atoms with E-state index in [0.717, 1.165) is 22.0 Å². The normalized spacial score (nSPS) is 12.4. The smallest absolute Gasteiger partial charge is 0.123 e. The molecule has 94 valence electrons. The summed E-state index contributed by atoms with van der Waals surface area (Å²) in [5, 5.41) is 0.684. The van der Waals surface area contributed by atoms with Gasteiger partial charge in [-0.3, -0.25) is 0 Å². The Morgan fingerprint density at radius 2 is 1.94 bits per heavy atom. The minimum absolute atomic E-state index is 0.132. The van der Waals surface area contributed by atoms with Crippen LogP contribution in [0.2, 0.25) is 5.02 Å². The highest BCUT2D eigenvalue weighted by molar-refractivity contribution is 9.10. The van der Waals surface area contributed by atoms with E-state index >= 15 is 0 Å². The lowest BCUT2D eigenvalue weighted by Crippen LogP contribution is -1.96. The van der Waals surface area contributed by atoms with Crippen LogP contribution in [-0.2, 0) is 6.42 Å². The Hall–Kier alpha value is -0.380. The second kappa shape index (κ2) is 6.18. The Balaban J connectivity index is 2.16. The summed E-state index contributed by atoms with van der Waals surface area (Å²) in [5.74, 6) is -0.204. The topological polar surface area (TPSA) is 0 Å². The number of alkyl halides is 1. The van der Waals surface area contributed by atoms with Crippen molar-refractivity contribution < 1.29 is 4.39 Å². The number of hydrogen-bond donors (Lipinski definition) is 0. The maximum atomic E-state index is 13.1. The Kier molecular flexibility index (Phi) is 4.82. The first-order valence-electron chi connectivity index (χ1n) is 5.40. The predicted octanol–water partition coefficient (Wildman–Crippen LogP) is 5.92. The maximum Gasteiger partial charge on any atom is 0.123 e. The Morgan fingerprint density at radius 3 is 2.61 bits per heavy atom. The van der Waals surface area contributed by atoms with E-state index in [0.29, 0.717) is 5.02 Å². The molecule has 0 aliphatic heterocycles. The molecule has 0 aliphatic carbocycles. The van der Waals surface area contributed by atoms with Gasteiger partial charge in [0.1, 0.15) is 5.82 Å². The van der Waals surface area contributed by atoms with Crippen molar-refractivity contribution in [3.63, 3.8) is 0 Å². The standard InChI is InChI=1S/C14H10Br2ClF/c15-12(7-9-2-1-3-11(18)6-9)10-4-5-14(17)13(16)8-10/h1-6,8,12H,7H2. The van der Waals surface area contributed by atoms with E-state index in [-0.39, 0.29) is 10.6 Å². The molecule has 0 bridgehead atoms. The highest BCUT2D eigenvalue weighted by Crippen LogP contribution is 2.32. The predicted molar refractivity (Wildman–Crippen MR) is 80.9 cm³/mol. The summed E-state index contributed by atoms with van der Waals surface area (Å²) in [6.45, 7) is 0. The molecule has 1 atom stereocenters. The second-order valence-electron chi connectivity index (χ2n) is 3.98. The summed E-state index contributed by atoms with van der Waals surface area (Å²) in [5.41, 5.74) is 2.07. The number of halogens is 4. The Bertz CT molecular complexity index is 557. The molecule has 2 aromatic rings.